The normalized spacial score (nSPS) is 12.5. The summed E-state index contributed by atoms with van der Waals surface area (Å²) in [6.45, 7) is 7.36. The van der Waals surface area contributed by atoms with E-state index in [0.29, 0.717) is 24.4 Å². The van der Waals surface area contributed by atoms with Crippen molar-refractivity contribution in [3.05, 3.63) is 28.0 Å². The van der Waals surface area contributed by atoms with Crippen molar-refractivity contribution in [2.24, 2.45) is 0 Å². The molecule has 116 valence electrons. The Bertz CT molecular complexity index is 671. The Kier molecular flexibility index (Phi) is 4.80. The summed E-state index contributed by atoms with van der Waals surface area (Å²) in [5.41, 5.74) is 0.396. The number of hydrogen-bond acceptors (Lipinski definition) is 6. The first-order valence-corrected chi connectivity index (χ1v) is 8.99. The first-order chi connectivity index (χ1) is 9.84. The van der Waals surface area contributed by atoms with E-state index in [2.05, 4.69) is 10.1 Å². The molecule has 0 amide bonds. The summed E-state index contributed by atoms with van der Waals surface area (Å²) >= 11 is 1.53. The average molecular weight is 329 g/mol. The molecule has 0 radical (unpaired) electrons. The van der Waals surface area contributed by atoms with Crippen LogP contribution in [0.4, 0.5) is 0 Å². The van der Waals surface area contributed by atoms with Crippen LogP contribution in [0.2, 0.25) is 0 Å². The van der Waals surface area contributed by atoms with E-state index in [4.69, 9.17) is 4.52 Å². The fourth-order valence-corrected chi connectivity index (χ4v) is 4.74. The summed E-state index contributed by atoms with van der Waals surface area (Å²) in [6.07, 6.45) is 2.32. The first kappa shape index (κ1) is 16.1. The molecule has 2 rings (SSSR count). The highest BCUT2D eigenvalue weighted by molar-refractivity contribution is 7.89. The molecule has 0 aliphatic heterocycles. The van der Waals surface area contributed by atoms with Crippen LogP contribution in [-0.2, 0) is 16.4 Å². The summed E-state index contributed by atoms with van der Waals surface area (Å²) in [5.74, 6) is 0.326. The number of nitrogens with zero attached hydrogens (tertiary/aromatic N) is 3. The van der Waals surface area contributed by atoms with E-state index in [0.717, 1.165) is 5.01 Å². The fourth-order valence-electron chi connectivity index (χ4n) is 2.20. The third kappa shape index (κ3) is 3.33. The van der Waals surface area contributed by atoms with Crippen molar-refractivity contribution >= 4 is 21.4 Å². The highest BCUT2D eigenvalue weighted by Gasteiger charge is 2.32. The molecule has 0 aliphatic carbocycles. The minimum Gasteiger partial charge on any atom is -0.360 e. The van der Waals surface area contributed by atoms with Crippen molar-refractivity contribution in [1.82, 2.24) is 14.4 Å². The molecule has 6 nitrogen and oxygen atoms in total. The molecule has 0 atom stereocenters. The van der Waals surface area contributed by atoms with E-state index in [1.54, 1.807) is 20.0 Å². The predicted octanol–water partition coefficient (Wildman–Crippen LogP) is 2.39. The van der Waals surface area contributed by atoms with Crippen molar-refractivity contribution in [3.8, 4) is 0 Å². The number of sulfonamides is 1. The van der Waals surface area contributed by atoms with Crippen LogP contribution in [0.15, 0.2) is 21.0 Å². The van der Waals surface area contributed by atoms with Gasteiger partial charge in [0.05, 0.1) is 5.01 Å². The Morgan fingerprint density at radius 3 is 2.57 bits per heavy atom. The topological polar surface area (TPSA) is 76.3 Å². The Balaban J connectivity index is 2.29. The lowest BCUT2D eigenvalue weighted by Crippen LogP contribution is -2.38. The molecule has 0 N–H and O–H groups in total. The predicted molar refractivity (Wildman–Crippen MR) is 80.8 cm³/mol. The molecule has 0 aliphatic rings. The lowest BCUT2D eigenvalue weighted by molar-refractivity contribution is 0.355. The van der Waals surface area contributed by atoms with Gasteiger partial charge in [0.15, 0.2) is 5.76 Å². The van der Waals surface area contributed by atoms with E-state index in [9.17, 15) is 8.42 Å². The standard InChI is InChI=1S/C13H19N3O3S2/c1-9(2)16(7-5-12-14-6-8-20-12)21(17,18)13-10(3)15-19-11(13)4/h6,8-9H,5,7H2,1-4H3. The summed E-state index contributed by atoms with van der Waals surface area (Å²) < 4.78 is 32.2. The van der Waals surface area contributed by atoms with Gasteiger partial charge in [-0.05, 0) is 27.7 Å². The van der Waals surface area contributed by atoms with Crippen LogP contribution in [0.5, 0.6) is 0 Å². The second kappa shape index (κ2) is 6.25. The molecule has 0 unspecified atom stereocenters. The molecular weight excluding hydrogens is 310 g/mol. The maximum absolute atomic E-state index is 12.8. The van der Waals surface area contributed by atoms with Gasteiger partial charge in [-0.25, -0.2) is 13.4 Å². The van der Waals surface area contributed by atoms with Gasteiger partial charge in [0.2, 0.25) is 10.0 Å². The van der Waals surface area contributed by atoms with Crippen molar-refractivity contribution in [1.29, 1.82) is 0 Å². The maximum atomic E-state index is 12.8. The Morgan fingerprint density at radius 1 is 1.38 bits per heavy atom. The third-order valence-electron chi connectivity index (χ3n) is 3.14. The molecule has 2 aromatic heterocycles. The molecule has 0 saturated carbocycles. The fraction of sp³-hybridized carbons (Fsp3) is 0.538. The number of aryl methyl sites for hydroxylation is 2. The van der Waals surface area contributed by atoms with Crippen LogP contribution in [0.3, 0.4) is 0 Å². The lowest BCUT2D eigenvalue weighted by atomic mass is 10.3. The molecule has 21 heavy (non-hydrogen) atoms. The minimum absolute atomic E-state index is 0.149. The molecule has 0 aromatic carbocycles. The van der Waals surface area contributed by atoms with Crippen molar-refractivity contribution < 1.29 is 12.9 Å². The number of aromatic nitrogens is 2. The van der Waals surface area contributed by atoms with E-state index in [-0.39, 0.29) is 10.9 Å². The van der Waals surface area contributed by atoms with E-state index < -0.39 is 10.0 Å². The van der Waals surface area contributed by atoms with Gasteiger partial charge in [-0.1, -0.05) is 5.16 Å². The van der Waals surface area contributed by atoms with Gasteiger partial charge in [0.25, 0.3) is 0 Å². The number of hydrogen-bond donors (Lipinski definition) is 0. The van der Waals surface area contributed by atoms with Crippen LogP contribution < -0.4 is 0 Å². The van der Waals surface area contributed by atoms with Crippen LogP contribution in [0.25, 0.3) is 0 Å². The lowest BCUT2D eigenvalue weighted by Gasteiger charge is -2.25. The molecular formula is C13H19N3O3S2. The minimum atomic E-state index is -3.62. The van der Waals surface area contributed by atoms with Gasteiger partial charge in [0.1, 0.15) is 10.6 Å². The first-order valence-electron chi connectivity index (χ1n) is 6.67. The number of thiazole rings is 1. The van der Waals surface area contributed by atoms with Crippen LogP contribution in [-0.4, -0.2) is 35.5 Å². The molecule has 8 heteroatoms. The van der Waals surface area contributed by atoms with Gasteiger partial charge >= 0.3 is 0 Å². The van der Waals surface area contributed by atoms with Gasteiger partial charge in [0, 0.05) is 30.6 Å². The smallest absolute Gasteiger partial charge is 0.248 e. The Hall–Kier alpha value is -1.25. The second-order valence-corrected chi connectivity index (χ2v) is 7.85. The van der Waals surface area contributed by atoms with Gasteiger partial charge in [-0.3, -0.25) is 0 Å². The second-order valence-electron chi connectivity index (χ2n) is 5.04. The van der Waals surface area contributed by atoms with Crippen LogP contribution >= 0.6 is 11.3 Å². The zero-order valence-corrected chi connectivity index (χ0v) is 14.2. The largest absolute Gasteiger partial charge is 0.360 e. The van der Waals surface area contributed by atoms with Crippen LogP contribution in [0, 0.1) is 13.8 Å². The van der Waals surface area contributed by atoms with Crippen molar-refractivity contribution in [2.75, 3.05) is 6.54 Å². The van der Waals surface area contributed by atoms with Gasteiger partial charge < -0.3 is 4.52 Å². The maximum Gasteiger partial charge on any atom is 0.248 e. The summed E-state index contributed by atoms with van der Waals surface area (Å²) in [5, 5.41) is 6.56. The van der Waals surface area contributed by atoms with Crippen LogP contribution in [0.1, 0.15) is 30.3 Å². The average Bonchev–Trinajstić information content (AvgIpc) is 2.99. The summed E-state index contributed by atoms with van der Waals surface area (Å²) in [4.78, 5) is 4.37. The highest BCUT2D eigenvalue weighted by Crippen LogP contribution is 2.25. The van der Waals surface area contributed by atoms with Gasteiger partial charge in [-0.15, -0.1) is 11.3 Å². The van der Waals surface area contributed by atoms with Crippen molar-refractivity contribution in [2.45, 2.75) is 45.1 Å². The molecule has 0 spiro atoms. The van der Waals surface area contributed by atoms with Crippen molar-refractivity contribution in [3.63, 3.8) is 0 Å². The van der Waals surface area contributed by atoms with E-state index in [1.165, 1.54) is 15.6 Å². The zero-order chi connectivity index (χ0) is 15.6. The van der Waals surface area contributed by atoms with E-state index in [1.807, 2.05) is 19.2 Å². The van der Waals surface area contributed by atoms with Gasteiger partial charge in [-0.2, -0.15) is 4.31 Å². The highest BCUT2D eigenvalue weighted by atomic mass is 32.2. The number of rotatable bonds is 6. The zero-order valence-electron chi connectivity index (χ0n) is 12.5. The quantitative estimate of drug-likeness (QED) is 0.813. The van der Waals surface area contributed by atoms with E-state index >= 15 is 0 Å². The Morgan fingerprint density at radius 2 is 2.10 bits per heavy atom. The molecule has 0 bridgehead atoms. The molecule has 2 aromatic rings. The molecule has 2 heterocycles. The Labute approximate surface area is 128 Å². The SMILES string of the molecule is Cc1noc(C)c1S(=O)(=O)N(CCc1nccs1)C(C)C. The molecule has 0 fully saturated rings. The monoisotopic (exact) mass is 329 g/mol. The summed E-state index contributed by atoms with van der Waals surface area (Å²) in [7, 11) is -3.62. The molecule has 0 saturated heterocycles. The summed E-state index contributed by atoms with van der Waals surface area (Å²) in [6, 6.07) is -0.149. The third-order valence-corrected chi connectivity index (χ3v) is 6.30.